The fraction of sp³-hybridized carbons (Fsp3) is 0.316. The molecule has 0 saturated heterocycles. The summed E-state index contributed by atoms with van der Waals surface area (Å²) in [7, 11) is -1.60. The van der Waals surface area contributed by atoms with E-state index >= 15 is 4.39 Å². The van der Waals surface area contributed by atoms with Gasteiger partial charge in [-0.3, -0.25) is 13.9 Å². The molecule has 264 valence electrons. The number of anilines is 1. The molecule has 1 N–H and O–H groups in total. The lowest BCUT2D eigenvalue weighted by Crippen LogP contribution is -2.55. The highest BCUT2D eigenvalue weighted by atomic mass is 35.5. The first-order chi connectivity index (χ1) is 24.1. The Balaban J connectivity index is 1.58. The first-order valence-electron chi connectivity index (χ1n) is 16.5. The van der Waals surface area contributed by atoms with Crippen LogP contribution >= 0.6 is 11.6 Å². The maximum Gasteiger partial charge on any atom is 0.264 e. The van der Waals surface area contributed by atoms with Gasteiger partial charge in [0.2, 0.25) is 11.8 Å². The quantitative estimate of drug-likeness (QED) is 0.154. The van der Waals surface area contributed by atoms with Gasteiger partial charge in [-0.05, 0) is 60.9 Å². The highest BCUT2D eigenvalue weighted by molar-refractivity contribution is 7.92. The number of hydrogen-bond donors (Lipinski definition) is 1. The third-order valence-corrected chi connectivity index (χ3v) is 10.9. The average molecular weight is 722 g/mol. The fourth-order valence-electron chi connectivity index (χ4n) is 6.15. The summed E-state index contributed by atoms with van der Waals surface area (Å²) < 4.78 is 55.6. The van der Waals surface area contributed by atoms with E-state index < -0.39 is 34.3 Å². The molecule has 5 rings (SSSR count). The van der Waals surface area contributed by atoms with Gasteiger partial charge in [-0.15, -0.1) is 0 Å². The summed E-state index contributed by atoms with van der Waals surface area (Å²) in [5, 5.41) is 3.51. The number of rotatable bonds is 14. The number of nitrogens with zero attached hydrogens (tertiary/aromatic N) is 2. The van der Waals surface area contributed by atoms with Crippen molar-refractivity contribution in [3.8, 4) is 11.5 Å². The minimum Gasteiger partial charge on any atom is -0.493 e. The average Bonchev–Trinajstić information content (AvgIpc) is 3.13. The lowest BCUT2D eigenvalue weighted by molar-refractivity contribution is -0.140. The highest BCUT2D eigenvalue weighted by Crippen LogP contribution is 2.33. The van der Waals surface area contributed by atoms with E-state index in [2.05, 4.69) is 5.32 Å². The van der Waals surface area contributed by atoms with Crippen LogP contribution in [0.5, 0.6) is 11.5 Å². The van der Waals surface area contributed by atoms with Crippen molar-refractivity contribution in [3.63, 3.8) is 0 Å². The topological polar surface area (TPSA) is 105 Å². The van der Waals surface area contributed by atoms with Crippen LogP contribution in [0.4, 0.5) is 10.1 Å². The third-order valence-electron chi connectivity index (χ3n) is 8.86. The zero-order chi connectivity index (χ0) is 35.7. The summed E-state index contributed by atoms with van der Waals surface area (Å²) in [6.45, 7) is -0.972. The van der Waals surface area contributed by atoms with Crippen molar-refractivity contribution in [2.24, 2.45) is 0 Å². The van der Waals surface area contributed by atoms with E-state index in [-0.39, 0.29) is 46.8 Å². The standard InChI is InChI=1S/C38H41ClFN3O6S/c1-48-35-22-21-32(24-36(35)49-2)50(46,47)43(31-19-17-29(39)18-20-31)26-37(44)42(25-28-13-9-10-16-33(28)40)34(23-27-11-5-3-6-12-27)38(45)41-30-14-7-4-8-15-30/h3,5-6,9-13,16-22,24,30,34H,4,7-8,14-15,23,25-26H2,1-2H3,(H,41,45)/t34-/m1/s1. The molecular weight excluding hydrogens is 681 g/mol. The summed E-state index contributed by atoms with van der Waals surface area (Å²) in [6, 6.07) is 24.3. The molecule has 50 heavy (non-hydrogen) atoms. The van der Waals surface area contributed by atoms with Crippen LogP contribution in [-0.4, -0.2) is 58.0 Å². The second kappa shape index (κ2) is 16.9. The van der Waals surface area contributed by atoms with Crippen LogP contribution in [0.25, 0.3) is 0 Å². The van der Waals surface area contributed by atoms with E-state index in [9.17, 15) is 18.0 Å². The van der Waals surface area contributed by atoms with Crippen molar-refractivity contribution in [1.29, 1.82) is 0 Å². The predicted molar refractivity (Wildman–Crippen MR) is 191 cm³/mol. The SMILES string of the molecule is COc1ccc(S(=O)(=O)N(CC(=O)N(Cc2ccccc2F)[C@H](Cc2ccccc2)C(=O)NC2CCCCC2)c2ccc(Cl)cc2)cc1OC. The molecule has 1 aliphatic rings. The molecule has 4 aromatic rings. The molecule has 0 aromatic heterocycles. The van der Waals surface area contributed by atoms with Gasteiger partial charge in [0.25, 0.3) is 10.0 Å². The molecule has 0 aliphatic heterocycles. The van der Waals surface area contributed by atoms with Crippen molar-refractivity contribution in [2.75, 3.05) is 25.1 Å². The Kier molecular flexibility index (Phi) is 12.4. The zero-order valence-electron chi connectivity index (χ0n) is 28.1. The Morgan fingerprint density at radius 1 is 0.880 bits per heavy atom. The number of halogens is 2. The highest BCUT2D eigenvalue weighted by Gasteiger charge is 2.36. The molecule has 0 radical (unpaired) electrons. The monoisotopic (exact) mass is 721 g/mol. The van der Waals surface area contributed by atoms with Crippen LogP contribution in [0, 0.1) is 5.82 Å². The Morgan fingerprint density at radius 3 is 2.20 bits per heavy atom. The van der Waals surface area contributed by atoms with Crippen molar-refractivity contribution in [2.45, 2.75) is 62.0 Å². The number of sulfonamides is 1. The second-order valence-corrected chi connectivity index (χ2v) is 14.5. The number of benzene rings is 4. The first-order valence-corrected chi connectivity index (χ1v) is 18.3. The molecule has 1 atom stereocenters. The van der Waals surface area contributed by atoms with Gasteiger partial charge in [-0.25, -0.2) is 12.8 Å². The molecule has 0 unspecified atom stereocenters. The molecule has 1 saturated carbocycles. The largest absolute Gasteiger partial charge is 0.493 e. The fourth-order valence-corrected chi connectivity index (χ4v) is 7.70. The van der Waals surface area contributed by atoms with E-state index in [0.717, 1.165) is 42.0 Å². The number of carbonyl (C=O) groups excluding carboxylic acids is 2. The number of methoxy groups -OCH3 is 2. The van der Waals surface area contributed by atoms with Crippen LogP contribution < -0.4 is 19.1 Å². The van der Waals surface area contributed by atoms with E-state index in [1.165, 1.54) is 67.7 Å². The van der Waals surface area contributed by atoms with Gasteiger partial charge in [0.15, 0.2) is 11.5 Å². The molecule has 9 nitrogen and oxygen atoms in total. The minimum absolute atomic E-state index is 0.0593. The van der Waals surface area contributed by atoms with Crippen LogP contribution in [0.3, 0.4) is 0 Å². The van der Waals surface area contributed by atoms with Gasteiger partial charge in [0.1, 0.15) is 18.4 Å². The maximum absolute atomic E-state index is 15.2. The second-order valence-electron chi connectivity index (χ2n) is 12.2. The van der Waals surface area contributed by atoms with Crippen molar-refractivity contribution >= 4 is 39.1 Å². The number of carbonyl (C=O) groups is 2. The van der Waals surface area contributed by atoms with Crippen LogP contribution in [0.1, 0.15) is 43.2 Å². The van der Waals surface area contributed by atoms with E-state index in [1.807, 2.05) is 30.3 Å². The van der Waals surface area contributed by atoms with Gasteiger partial charge >= 0.3 is 0 Å². The molecule has 0 spiro atoms. The molecule has 0 heterocycles. The predicted octanol–water partition coefficient (Wildman–Crippen LogP) is 6.78. The summed E-state index contributed by atoms with van der Waals surface area (Å²) in [6.07, 6.45) is 4.82. The Labute approximate surface area is 298 Å². The lowest BCUT2D eigenvalue weighted by Gasteiger charge is -2.35. The van der Waals surface area contributed by atoms with E-state index in [4.69, 9.17) is 21.1 Å². The lowest BCUT2D eigenvalue weighted by atomic mass is 9.94. The molecule has 2 amide bonds. The molecule has 1 fully saturated rings. The van der Waals surface area contributed by atoms with Gasteiger partial charge in [-0.1, -0.05) is 79.4 Å². The number of nitrogens with one attached hydrogen (secondary N) is 1. The van der Waals surface area contributed by atoms with Crippen molar-refractivity contribution in [1.82, 2.24) is 10.2 Å². The van der Waals surface area contributed by atoms with Crippen LogP contribution in [0.2, 0.25) is 5.02 Å². The number of ether oxygens (including phenoxy) is 2. The molecule has 4 aromatic carbocycles. The smallest absolute Gasteiger partial charge is 0.264 e. The number of amides is 2. The molecule has 1 aliphatic carbocycles. The first kappa shape index (κ1) is 36.7. The summed E-state index contributed by atoms with van der Waals surface area (Å²) in [5.41, 5.74) is 1.13. The minimum atomic E-state index is -4.43. The van der Waals surface area contributed by atoms with Gasteiger partial charge < -0.3 is 19.7 Å². The van der Waals surface area contributed by atoms with Crippen molar-refractivity contribution < 1.29 is 31.9 Å². The number of hydrogen-bond acceptors (Lipinski definition) is 6. The van der Waals surface area contributed by atoms with E-state index in [1.54, 1.807) is 18.2 Å². The summed E-state index contributed by atoms with van der Waals surface area (Å²) >= 11 is 6.16. The Morgan fingerprint density at radius 2 is 1.54 bits per heavy atom. The third kappa shape index (κ3) is 8.94. The van der Waals surface area contributed by atoms with E-state index in [0.29, 0.717) is 10.8 Å². The summed E-state index contributed by atoms with van der Waals surface area (Å²) in [5.74, 6) is -1.13. The normalized spacial score (nSPS) is 14.0. The molecule has 12 heteroatoms. The summed E-state index contributed by atoms with van der Waals surface area (Å²) in [4.78, 5) is 30.0. The molecule has 0 bridgehead atoms. The molecular formula is C38H41ClFN3O6S. The van der Waals surface area contributed by atoms with Crippen LogP contribution in [-0.2, 0) is 32.6 Å². The van der Waals surface area contributed by atoms with Crippen LogP contribution in [0.15, 0.2) is 102 Å². The van der Waals surface area contributed by atoms with Gasteiger partial charge in [-0.2, -0.15) is 0 Å². The Hall–Kier alpha value is -4.61. The maximum atomic E-state index is 15.2. The zero-order valence-corrected chi connectivity index (χ0v) is 29.6. The van der Waals surface area contributed by atoms with Gasteiger partial charge in [0, 0.05) is 35.7 Å². The van der Waals surface area contributed by atoms with Gasteiger partial charge in [0.05, 0.1) is 24.8 Å². The Bertz CT molecular complexity index is 1870. The van der Waals surface area contributed by atoms with Crippen molar-refractivity contribution in [3.05, 3.63) is 119 Å².